The van der Waals surface area contributed by atoms with E-state index in [-0.39, 0.29) is 0 Å². The number of thiophene rings is 1. The number of anilines is 1. The second kappa shape index (κ2) is 5.20. The van der Waals surface area contributed by atoms with E-state index in [4.69, 9.17) is 4.98 Å². The minimum atomic E-state index is 0.720. The van der Waals surface area contributed by atoms with Crippen LogP contribution in [-0.4, -0.2) is 26.1 Å². The Labute approximate surface area is 121 Å². The van der Waals surface area contributed by atoms with E-state index in [1.165, 1.54) is 4.88 Å². The van der Waals surface area contributed by atoms with Gasteiger partial charge in [0.25, 0.3) is 0 Å². The van der Waals surface area contributed by atoms with E-state index in [0.717, 1.165) is 40.5 Å². The van der Waals surface area contributed by atoms with Gasteiger partial charge in [-0.05, 0) is 19.4 Å². The first kappa shape index (κ1) is 13.1. The zero-order chi connectivity index (χ0) is 14.1. The van der Waals surface area contributed by atoms with Gasteiger partial charge in [-0.3, -0.25) is 0 Å². The maximum absolute atomic E-state index is 4.70. The van der Waals surface area contributed by atoms with E-state index in [2.05, 4.69) is 35.2 Å². The van der Waals surface area contributed by atoms with Crippen molar-refractivity contribution in [3.63, 3.8) is 0 Å². The van der Waals surface area contributed by atoms with Gasteiger partial charge in [-0.15, -0.1) is 11.3 Å². The molecule has 0 bridgehead atoms. The highest BCUT2D eigenvalue weighted by Gasteiger charge is 2.13. The number of rotatable bonds is 4. The molecular formula is C14H17N5S. The van der Waals surface area contributed by atoms with Crippen molar-refractivity contribution in [3.8, 4) is 11.5 Å². The average molecular weight is 287 g/mol. The number of aromatic nitrogens is 4. The van der Waals surface area contributed by atoms with Gasteiger partial charge in [-0.1, -0.05) is 6.92 Å². The minimum absolute atomic E-state index is 0.720. The Morgan fingerprint density at radius 2 is 2.15 bits per heavy atom. The number of imidazole rings is 1. The molecule has 104 valence electrons. The molecule has 0 radical (unpaired) electrons. The normalized spacial score (nSPS) is 11.2. The summed E-state index contributed by atoms with van der Waals surface area (Å²) in [6.07, 6.45) is 4.58. The fourth-order valence-corrected chi connectivity index (χ4v) is 3.10. The molecule has 0 spiro atoms. The molecule has 3 aromatic heterocycles. The van der Waals surface area contributed by atoms with Crippen LogP contribution in [0.15, 0.2) is 18.6 Å². The lowest BCUT2D eigenvalue weighted by molar-refractivity contribution is 0.910. The highest BCUT2D eigenvalue weighted by atomic mass is 32.1. The summed E-state index contributed by atoms with van der Waals surface area (Å²) >= 11 is 1.73. The lowest BCUT2D eigenvalue weighted by Crippen LogP contribution is -2.03. The molecule has 5 nitrogen and oxygen atoms in total. The van der Waals surface area contributed by atoms with Crippen LogP contribution in [-0.2, 0) is 13.5 Å². The first-order valence-corrected chi connectivity index (χ1v) is 7.55. The molecule has 1 N–H and O–H groups in total. The maximum Gasteiger partial charge on any atom is 0.181 e. The van der Waals surface area contributed by atoms with E-state index < -0.39 is 0 Å². The van der Waals surface area contributed by atoms with Gasteiger partial charge in [0.05, 0.1) is 17.9 Å². The molecule has 3 rings (SSSR count). The summed E-state index contributed by atoms with van der Waals surface area (Å²) in [6.45, 7) is 5.08. The lowest BCUT2D eigenvalue weighted by Gasteiger charge is -2.07. The van der Waals surface area contributed by atoms with Crippen molar-refractivity contribution in [1.29, 1.82) is 0 Å². The zero-order valence-corrected chi connectivity index (χ0v) is 12.7. The monoisotopic (exact) mass is 287 g/mol. The van der Waals surface area contributed by atoms with Crippen molar-refractivity contribution in [2.45, 2.75) is 20.3 Å². The molecule has 0 unspecified atom stereocenters. The molecule has 3 aromatic rings. The quantitative estimate of drug-likeness (QED) is 0.801. The highest BCUT2D eigenvalue weighted by Crippen LogP contribution is 2.31. The fourth-order valence-electron chi connectivity index (χ4n) is 2.14. The van der Waals surface area contributed by atoms with E-state index in [1.807, 2.05) is 11.6 Å². The summed E-state index contributed by atoms with van der Waals surface area (Å²) in [6, 6.07) is 2.19. The van der Waals surface area contributed by atoms with Crippen LogP contribution in [0.4, 0.5) is 5.82 Å². The zero-order valence-electron chi connectivity index (χ0n) is 11.8. The molecule has 0 atom stereocenters. The Bertz CT molecular complexity index is 743. The standard InChI is InChI=1S/C14H17N5S/c1-4-9-6-10-12(16-5-2)17-13(18-14(10)20-9)11-7-15-8-19(11)3/h6-8H,4-5H2,1-3H3,(H,16,17,18). The predicted octanol–water partition coefficient (Wildman–Crippen LogP) is 3.09. The first-order chi connectivity index (χ1) is 9.72. The van der Waals surface area contributed by atoms with Gasteiger partial charge >= 0.3 is 0 Å². The van der Waals surface area contributed by atoms with Crippen LogP contribution in [0.5, 0.6) is 0 Å². The largest absolute Gasteiger partial charge is 0.370 e. The van der Waals surface area contributed by atoms with Gasteiger partial charge in [0.15, 0.2) is 5.82 Å². The van der Waals surface area contributed by atoms with Crippen molar-refractivity contribution in [3.05, 3.63) is 23.5 Å². The van der Waals surface area contributed by atoms with Crippen LogP contribution in [0.3, 0.4) is 0 Å². The summed E-state index contributed by atoms with van der Waals surface area (Å²) in [7, 11) is 1.95. The third kappa shape index (κ3) is 2.16. The van der Waals surface area contributed by atoms with Gasteiger partial charge in [0.2, 0.25) is 0 Å². The first-order valence-electron chi connectivity index (χ1n) is 6.74. The Morgan fingerprint density at radius 1 is 1.30 bits per heavy atom. The molecule has 0 amide bonds. The third-order valence-electron chi connectivity index (χ3n) is 3.18. The maximum atomic E-state index is 4.70. The summed E-state index contributed by atoms with van der Waals surface area (Å²) in [4.78, 5) is 15.9. The highest BCUT2D eigenvalue weighted by molar-refractivity contribution is 7.18. The van der Waals surface area contributed by atoms with Gasteiger partial charge in [0.1, 0.15) is 16.3 Å². The fraction of sp³-hybridized carbons (Fsp3) is 0.357. The van der Waals surface area contributed by atoms with Crippen LogP contribution >= 0.6 is 11.3 Å². The molecule has 0 fully saturated rings. The number of nitrogens with zero attached hydrogens (tertiary/aromatic N) is 4. The Kier molecular flexibility index (Phi) is 3.40. The van der Waals surface area contributed by atoms with E-state index in [1.54, 1.807) is 23.9 Å². The summed E-state index contributed by atoms with van der Waals surface area (Å²) in [5.41, 5.74) is 0.928. The van der Waals surface area contributed by atoms with Crippen molar-refractivity contribution in [1.82, 2.24) is 19.5 Å². The molecule has 0 aromatic carbocycles. The predicted molar refractivity (Wildman–Crippen MR) is 83.2 cm³/mol. The minimum Gasteiger partial charge on any atom is -0.370 e. The summed E-state index contributed by atoms with van der Waals surface area (Å²) in [5, 5.41) is 4.45. The molecule has 20 heavy (non-hydrogen) atoms. The van der Waals surface area contributed by atoms with Crippen molar-refractivity contribution in [2.75, 3.05) is 11.9 Å². The van der Waals surface area contributed by atoms with Crippen molar-refractivity contribution >= 4 is 27.4 Å². The molecule has 0 aliphatic heterocycles. The average Bonchev–Trinajstić information content (AvgIpc) is 3.04. The number of hydrogen-bond donors (Lipinski definition) is 1. The topological polar surface area (TPSA) is 55.6 Å². The van der Waals surface area contributed by atoms with Crippen LogP contribution in [0, 0.1) is 0 Å². The molecule has 0 saturated heterocycles. The molecular weight excluding hydrogens is 270 g/mol. The molecule has 0 aliphatic carbocycles. The second-order valence-corrected chi connectivity index (χ2v) is 5.72. The number of aryl methyl sites for hydroxylation is 2. The van der Waals surface area contributed by atoms with Gasteiger partial charge in [-0.25, -0.2) is 15.0 Å². The van der Waals surface area contributed by atoms with E-state index in [9.17, 15) is 0 Å². The summed E-state index contributed by atoms with van der Waals surface area (Å²) in [5.74, 6) is 1.63. The third-order valence-corrected chi connectivity index (χ3v) is 4.36. The van der Waals surface area contributed by atoms with Crippen molar-refractivity contribution < 1.29 is 0 Å². The molecule has 0 saturated carbocycles. The Balaban J connectivity index is 2.21. The van der Waals surface area contributed by atoms with Gasteiger partial charge in [-0.2, -0.15) is 0 Å². The van der Waals surface area contributed by atoms with Gasteiger partial charge in [0, 0.05) is 18.5 Å². The number of fused-ring (bicyclic) bond motifs is 1. The molecule has 3 heterocycles. The summed E-state index contributed by atoms with van der Waals surface area (Å²) < 4.78 is 1.94. The SMILES string of the molecule is CCNc1nc(-c2cncn2C)nc2sc(CC)cc12. The van der Waals surface area contributed by atoms with E-state index in [0.29, 0.717) is 0 Å². The second-order valence-electron chi connectivity index (χ2n) is 4.60. The van der Waals surface area contributed by atoms with E-state index >= 15 is 0 Å². The Hall–Kier alpha value is -1.95. The Morgan fingerprint density at radius 3 is 2.80 bits per heavy atom. The number of hydrogen-bond acceptors (Lipinski definition) is 5. The van der Waals surface area contributed by atoms with Crippen molar-refractivity contribution in [2.24, 2.45) is 7.05 Å². The molecule has 6 heteroatoms. The van der Waals surface area contributed by atoms with Crippen LogP contribution in [0.25, 0.3) is 21.7 Å². The van der Waals surface area contributed by atoms with Crippen LogP contribution < -0.4 is 5.32 Å². The molecule has 0 aliphatic rings. The van der Waals surface area contributed by atoms with Gasteiger partial charge < -0.3 is 9.88 Å². The smallest absolute Gasteiger partial charge is 0.181 e. The van der Waals surface area contributed by atoms with Crippen LogP contribution in [0.1, 0.15) is 18.7 Å². The number of nitrogens with one attached hydrogen (secondary N) is 1. The lowest BCUT2D eigenvalue weighted by atomic mass is 10.3. The van der Waals surface area contributed by atoms with Crippen LogP contribution in [0.2, 0.25) is 0 Å².